The van der Waals surface area contributed by atoms with Gasteiger partial charge in [0.1, 0.15) is 0 Å². The Morgan fingerprint density at radius 3 is 2.38 bits per heavy atom. The van der Waals surface area contributed by atoms with Crippen molar-refractivity contribution in [1.29, 1.82) is 0 Å². The lowest BCUT2D eigenvalue weighted by atomic mass is 9.93. The highest BCUT2D eigenvalue weighted by Crippen LogP contribution is 2.21. The van der Waals surface area contributed by atoms with Gasteiger partial charge in [-0.2, -0.15) is 0 Å². The summed E-state index contributed by atoms with van der Waals surface area (Å²) in [5.41, 5.74) is 0.989. The SMILES string of the molecule is O/N=C1/CCCCCC1NC1CCCCC1. The van der Waals surface area contributed by atoms with Crippen molar-refractivity contribution in [2.75, 3.05) is 0 Å². The summed E-state index contributed by atoms with van der Waals surface area (Å²) >= 11 is 0. The fraction of sp³-hybridized carbons (Fsp3) is 0.923. The Balaban J connectivity index is 1.89. The fourth-order valence-corrected chi connectivity index (χ4v) is 3.03. The third-order valence-electron chi connectivity index (χ3n) is 4.00. The lowest BCUT2D eigenvalue weighted by Crippen LogP contribution is -2.43. The second-order valence-corrected chi connectivity index (χ2v) is 5.24. The summed E-state index contributed by atoms with van der Waals surface area (Å²) in [5.74, 6) is 0. The van der Waals surface area contributed by atoms with Gasteiger partial charge in [0.25, 0.3) is 0 Å². The van der Waals surface area contributed by atoms with Crippen LogP contribution >= 0.6 is 0 Å². The van der Waals surface area contributed by atoms with Crippen LogP contribution in [0.4, 0.5) is 0 Å². The first-order valence-electron chi connectivity index (χ1n) is 6.87. The Hall–Kier alpha value is -0.570. The molecular formula is C13H24N2O. The maximum atomic E-state index is 9.06. The molecule has 92 valence electrons. The van der Waals surface area contributed by atoms with Crippen LogP contribution in [-0.2, 0) is 0 Å². The van der Waals surface area contributed by atoms with Crippen molar-refractivity contribution in [2.24, 2.45) is 5.16 Å². The van der Waals surface area contributed by atoms with Gasteiger partial charge in [-0.05, 0) is 32.1 Å². The van der Waals surface area contributed by atoms with E-state index in [-0.39, 0.29) is 0 Å². The van der Waals surface area contributed by atoms with Gasteiger partial charge in [0, 0.05) is 12.1 Å². The summed E-state index contributed by atoms with van der Waals surface area (Å²) in [4.78, 5) is 0. The second-order valence-electron chi connectivity index (χ2n) is 5.24. The van der Waals surface area contributed by atoms with Gasteiger partial charge < -0.3 is 10.5 Å². The largest absolute Gasteiger partial charge is 0.411 e. The van der Waals surface area contributed by atoms with Crippen LogP contribution < -0.4 is 5.32 Å². The lowest BCUT2D eigenvalue weighted by molar-refractivity contribution is 0.308. The van der Waals surface area contributed by atoms with E-state index < -0.39 is 0 Å². The summed E-state index contributed by atoms with van der Waals surface area (Å²) in [5, 5.41) is 16.3. The number of rotatable bonds is 2. The number of nitrogens with one attached hydrogen (secondary N) is 1. The first kappa shape index (κ1) is 11.9. The highest BCUT2D eigenvalue weighted by molar-refractivity contribution is 5.89. The molecule has 0 amide bonds. The minimum atomic E-state index is 0.343. The van der Waals surface area contributed by atoms with Gasteiger partial charge in [-0.15, -0.1) is 0 Å². The molecule has 0 aromatic carbocycles. The normalized spacial score (nSPS) is 31.5. The molecule has 0 radical (unpaired) electrons. The molecule has 2 rings (SSSR count). The Morgan fingerprint density at radius 2 is 1.62 bits per heavy atom. The number of nitrogens with zero attached hydrogens (tertiary/aromatic N) is 1. The van der Waals surface area contributed by atoms with Crippen molar-refractivity contribution in [3.63, 3.8) is 0 Å². The monoisotopic (exact) mass is 224 g/mol. The minimum Gasteiger partial charge on any atom is -0.411 e. The zero-order valence-electron chi connectivity index (χ0n) is 10.1. The standard InChI is InChI=1S/C13H24N2O/c16-15-13-10-6-2-5-9-12(13)14-11-7-3-1-4-8-11/h11-12,14,16H,1-10H2/b15-13-. The van der Waals surface area contributed by atoms with E-state index in [1.165, 1.54) is 51.4 Å². The smallest absolute Gasteiger partial charge is 0.0739 e. The van der Waals surface area contributed by atoms with Gasteiger partial charge >= 0.3 is 0 Å². The van der Waals surface area contributed by atoms with Crippen molar-refractivity contribution < 1.29 is 5.21 Å². The molecule has 2 aliphatic rings. The molecule has 1 unspecified atom stereocenters. The van der Waals surface area contributed by atoms with Crippen LogP contribution in [0.5, 0.6) is 0 Å². The molecule has 0 bridgehead atoms. The summed E-state index contributed by atoms with van der Waals surface area (Å²) in [6.45, 7) is 0. The molecule has 0 aliphatic heterocycles. The Kier molecular flexibility index (Phi) is 4.64. The topological polar surface area (TPSA) is 44.6 Å². The number of oxime groups is 1. The van der Waals surface area contributed by atoms with Crippen molar-refractivity contribution in [3.8, 4) is 0 Å². The molecule has 0 heterocycles. The van der Waals surface area contributed by atoms with E-state index in [9.17, 15) is 0 Å². The summed E-state index contributed by atoms with van der Waals surface area (Å²) in [6, 6.07) is 1.00. The third-order valence-corrected chi connectivity index (χ3v) is 4.00. The molecule has 2 fully saturated rings. The fourth-order valence-electron chi connectivity index (χ4n) is 3.03. The van der Waals surface area contributed by atoms with Crippen LogP contribution in [-0.4, -0.2) is 23.0 Å². The maximum Gasteiger partial charge on any atom is 0.0739 e. The first-order valence-corrected chi connectivity index (χ1v) is 6.87. The predicted octanol–water partition coefficient (Wildman–Crippen LogP) is 3.07. The van der Waals surface area contributed by atoms with Gasteiger partial charge in [0.05, 0.1) is 5.71 Å². The minimum absolute atomic E-state index is 0.343. The maximum absolute atomic E-state index is 9.06. The molecule has 2 N–H and O–H groups in total. The Labute approximate surface area is 98.3 Å². The zero-order valence-corrected chi connectivity index (χ0v) is 10.1. The average Bonchev–Trinajstić information content (AvgIpc) is 2.55. The van der Waals surface area contributed by atoms with Crippen LogP contribution in [0.3, 0.4) is 0 Å². The summed E-state index contributed by atoms with van der Waals surface area (Å²) in [6.07, 6.45) is 12.6. The zero-order chi connectivity index (χ0) is 11.2. The first-order chi connectivity index (χ1) is 7.90. The molecule has 0 spiro atoms. The predicted molar refractivity (Wildman–Crippen MR) is 66.1 cm³/mol. The highest BCUT2D eigenvalue weighted by Gasteiger charge is 2.23. The summed E-state index contributed by atoms with van der Waals surface area (Å²) in [7, 11) is 0. The van der Waals surface area contributed by atoms with Crippen molar-refractivity contribution >= 4 is 5.71 Å². The van der Waals surface area contributed by atoms with E-state index in [2.05, 4.69) is 10.5 Å². The Morgan fingerprint density at radius 1 is 0.938 bits per heavy atom. The van der Waals surface area contributed by atoms with Gasteiger partial charge in [-0.1, -0.05) is 37.3 Å². The van der Waals surface area contributed by atoms with E-state index in [1.54, 1.807) is 0 Å². The second kappa shape index (κ2) is 6.24. The number of hydrogen-bond acceptors (Lipinski definition) is 3. The van der Waals surface area contributed by atoms with E-state index in [1.807, 2.05) is 0 Å². The lowest BCUT2D eigenvalue weighted by Gasteiger charge is -2.28. The number of hydrogen-bond donors (Lipinski definition) is 2. The van der Waals surface area contributed by atoms with Gasteiger partial charge in [-0.25, -0.2) is 0 Å². The molecule has 0 aromatic rings. The van der Waals surface area contributed by atoms with Crippen LogP contribution in [0, 0.1) is 0 Å². The van der Waals surface area contributed by atoms with Crippen molar-refractivity contribution in [2.45, 2.75) is 76.3 Å². The van der Waals surface area contributed by atoms with Gasteiger partial charge in [0.15, 0.2) is 0 Å². The van der Waals surface area contributed by atoms with Crippen LogP contribution in [0.25, 0.3) is 0 Å². The van der Waals surface area contributed by atoms with Gasteiger partial charge in [-0.3, -0.25) is 0 Å². The molecule has 0 aromatic heterocycles. The van der Waals surface area contributed by atoms with E-state index in [4.69, 9.17) is 5.21 Å². The van der Waals surface area contributed by atoms with Crippen LogP contribution in [0.1, 0.15) is 64.2 Å². The Bertz CT molecular complexity index is 234. The molecular weight excluding hydrogens is 200 g/mol. The van der Waals surface area contributed by atoms with Crippen LogP contribution in [0.15, 0.2) is 5.16 Å². The van der Waals surface area contributed by atoms with E-state index >= 15 is 0 Å². The molecule has 16 heavy (non-hydrogen) atoms. The molecule has 3 nitrogen and oxygen atoms in total. The average molecular weight is 224 g/mol. The summed E-state index contributed by atoms with van der Waals surface area (Å²) < 4.78 is 0. The third kappa shape index (κ3) is 3.21. The van der Waals surface area contributed by atoms with Gasteiger partial charge in [0.2, 0.25) is 0 Å². The molecule has 2 aliphatic carbocycles. The molecule has 0 saturated heterocycles. The van der Waals surface area contributed by atoms with E-state index in [0.717, 1.165) is 18.6 Å². The van der Waals surface area contributed by atoms with Crippen LogP contribution in [0.2, 0.25) is 0 Å². The molecule has 3 heteroatoms. The highest BCUT2D eigenvalue weighted by atomic mass is 16.4. The quantitative estimate of drug-likeness (QED) is 0.430. The molecule has 2 saturated carbocycles. The van der Waals surface area contributed by atoms with Crippen molar-refractivity contribution in [3.05, 3.63) is 0 Å². The van der Waals surface area contributed by atoms with Crippen molar-refractivity contribution in [1.82, 2.24) is 5.32 Å². The molecule has 1 atom stereocenters. The van der Waals surface area contributed by atoms with E-state index in [0.29, 0.717) is 12.1 Å².